The van der Waals surface area contributed by atoms with Gasteiger partial charge in [0.1, 0.15) is 0 Å². The maximum atomic E-state index is 5.39. The van der Waals surface area contributed by atoms with Gasteiger partial charge in [-0.05, 0) is 25.0 Å². The van der Waals surface area contributed by atoms with E-state index in [1.54, 1.807) is 6.08 Å². The molecule has 0 aliphatic heterocycles. The van der Waals surface area contributed by atoms with E-state index < -0.39 is 0 Å². The number of ether oxygens (including phenoxy) is 1. The fraction of sp³-hybridized carbons (Fsp3) is 0.500. The van der Waals surface area contributed by atoms with E-state index in [1.165, 1.54) is 22.6 Å². The van der Waals surface area contributed by atoms with Crippen molar-refractivity contribution in [2.24, 2.45) is 0 Å². The van der Waals surface area contributed by atoms with Crippen molar-refractivity contribution in [3.8, 4) is 0 Å². The molecule has 0 aromatic carbocycles. The first-order valence-corrected chi connectivity index (χ1v) is 6.20. The molecule has 1 aliphatic carbocycles. The minimum Gasteiger partial charge on any atom is -0.372 e. The molecule has 1 aromatic heterocycles. The summed E-state index contributed by atoms with van der Waals surface area (Å²) in [7, 11) is 0. The van der Waals surface area contributed by atoms with E-state index in [1.807, 2.05) is 11.3 Å². The molecule has 82 valence electrons. The van der Waals surface area contributed by atoms with Crippen LogP contribution in [0.15, 0.2) is 24.8 Å². The van der Waals surface area contributed by atoms with E-state index in [2.05, 4.69) is 24.0 Å². The zero-order valence-corrected chi connectivity index (χ0v) is 9.69. The van der Waals surface area contributed by atoms with Crippen LogP contribution in [0.25, 0.3) is 0 Å². The number of hydrogen-bond acceptors (Lipinski definition) is 3. The molecule has 0 spiro atoms. The average Bonchev–Trinajstić information content (AvgIpc) is 2.97. The van der Waals surface area contributed by atoms with Crippen LogP contribution in [-0.4, -0.2) is 12.6 Å². The number of hydrogen-bond donors (Lipinski definition) is 1. The maximum Gasteiger partial charge on any atom is 0.0813 e. The van der Waals surface area contributed by atoms with Gasteiger partial charge in [-0.25, -0.2) is 0 Å². The molecule has 1 aromatic rings. The molecule has 2 rings (SSSR count). The van der Waals surface area contributed by atoms with Crippen LogP contribution in [-0.2, 0) is 17.9 Å². The molecule has 0 bridgehead atoms. The highest BCUT2D eigenvalue weighted by Gasteiger charge is 2.20. The lowest BCUT2D eigenvalue weighted by molar-refractivity contribution is 0.151. The summed E-state index contributed by atoms with van der Waals surface area (Å²) < 4.78 is 5.39. The molecular formula is C12H17NOS. The first-order valence-electron chi connectivity index (χ1n) is 5.38. The molecule has 0 unspecified atom stereocenters. The maximum absolute atomic E-state index is 5.39. The Morgan fingerprint density at radius 1 is 1.47 bits per heavy atom. The third kappa shape index (κ3) is 3.78. The summed E-state index contributed by atoms with van der Waals surface area (Å²) in [6, 6.07) is 5.12. The fourth-order valence-electron chi connectivity index (χ4n) is 1.37. The van der Waals surface area contributed by atoms with Crippen molar-refractivity contribution in [2.45, 2.75) is 32.0 Å². The van der Waals surface area contributed by atoms with Gasteiger partial charge in [0.2, 0.25) is 0 Å². The Balaban J connectivity index is 1.72. The zero-order valence-electron chi connectivity index (χ0n) is 8.87. The number of thiophene rings is 1. The Bertz CT molecular complexity index is 317. The van der Waals surface area contributed by atoms with Crippen molar-refractivity contribution in [2.75, 3.05) is 6.61 Å². The summed E-state index contributed by atoms with van der Waals surface area (Å²) in [5, 5.41) is 3.51. The van der Waals surface area contributed by atoms with Gasteiger partial charge in [-0.2, -0.15) is 0 Å². The van der Waals surface area contributed by atoms with Crippen LogP contribution < -0.4 is 5.32 Å². The molecule has 15 heavy (non-hydrogen) atoms. The molecule has 1 heterocycles. The lowest BCUT2D eigenvalue weighted by atomic mass is 10.4. The van der Waals surface area contributed by atoms with E-state index in [0.29, 0.717) is 13.2 Å². The Kier molecular flexibility index (Phi) is 3.94. The highest BCUT2D eigenvalue weighted by atomic mass is 32.1. The minimum absolute atomic E-state index is 0.632. The van der Waals surface area contributed by atoms with Crippen LogP contribution in [0.2, 0.25) is 0 Å². The van der Waals surface area contributed by atoms with Gasteiger partial charge in [-0.1, -0.05) is 6.08 Å². The molecule has 1 saturated carbocycles. The highest BCUT2D eigenvalue weighted by Crippen LogP contribution is 2.22. The minimum atomic E-state index is 0.632. The third-order valence-electron chi connectivity index (χ3n) is 2.34. The smallest absolute Gasteiger partial charge is 0.0813 e. The van der Waals surface area contributed by atoms with Gasteiger partial charge in [0.05, 0.1) is 13.2 Å². The summed E-state index contributed by atoms with van der Waals surface area (Å²) in [5.41, 5.74) is 0. The van der Waals surface area contributed by atoms with Gasteiger partial charge >= 0.3 is 0 Å². The van der Waals surface area contributed by atoms with Gasteiger partial charge in [0.25, 0.3) is 0 Å². The van der Waals surface area contributed by atoms with Crippen molar-refractivity contribution in [3.05, 3.63) is 34.5 Å². The Morgan fingerprint density at radius 2 is 2.27 bits per heavy atom. The molecule has 1 fully saturated rings. The summed E-state index contributed by atoms with van der Waals surface area (Å²) >= 11 is 1.83. The summed E-state index contributed by atoms with van der Waals surface area (Å²) in [5.74, 6) is 0. The van der Waals surface area contributed by atoms with Crippen LogP contribution in [0.5, 0.6) is 0 Å². The first-order chi connectivity index (χ1) is 7.38. The van der Waals surface area contributed by atoms with Crippen molar-refractivity contribution in [1.29, 1.82) is 0 Å². The monoisotopic (exact) mass is 223 g/mol. The zero-order chi connectivity index (χ0) is 10.5. The quantitative estimate of drug-likeness (QED) is 0.567. The van der Waals surface area contributed by atoms with E-state index in [4.69, 9.17) is 4.74 Å². The second-order valence-electron chi connectivity index (χ2n) is 3.83. The van der Waals surface area contributed by atoms with Crippen LogP contribution in [0.3, 0.4) is 0 Å². The van der Waals surface area contributed by atoms with E-state index >= 15 is 0 Å². The molecule has 1 N–H and O–H groups in total. The summed E-state index contributed by atoms with van der Waals surface area (Å²) in [4.78, 5) is 2.70. The molecule has 0 atom stereocenters. The molecular weight excluding hydrogens is 206 g/mol. The van der Waals surface area contributed by atoms with Crippen LogP contribution >= 0.6 is 11.3 Å². The molecule has 0 radical (unpaired) electrons. The Morgan fingerprint density at radius 3 is 3.00 bits per heavy atom. The number of rotatable bonds is 7. The van der Waals surface area contributed by atoms with Crippen LogP contribution in [0.1, 0.15) is 22.6 Å². The molecule has 3 heteroatoms. The average molecular weight is 223 g/mol. The number of nitrogens with one attached hydrogen (secondary N) is 1. The van der Waals surface area contributed by atoms with Crippen LogP contribution in [0, 0.1) is 0 Å². The Hall–Kier alpha value is -0.640. The first kappa shape index (κ1) is 10.9. The molecule has 2 nitrogen and oxygen atoms in total. The van der Waals surface area contributed by atoms with Gasteiger partial charge < -0.3 is 10.1 Å². The lowest BCUT2D eigenvalue weighted by Gasteiger charge is -1.99. The van der Waals surface area contributed by atoms with Gasteiger partial charge in [0.15, 0.2) is 0 Å². The SMILES string of the molecule is C=CCOCc1ccc(CNC2CC2)s1. The van der Waals surface area contributed by atoms with Crippen molar-refractivity contribution < 1.29 is 4.74 Å². The molecule has 0 amide bonds. The standard InChI is InChI=1S/C12H17NOS/c1-2-7-14-9-12-6-5-11(15-12)8-13-10-3-4-10/h2,5-6,10,13H,1,3-4,7-9H2. The lowest BCUT2D eigenvalue weighted by Crippen LogP contribution is -2.14. The van der Waals surface area contributed by atoms with Crippen molar-refractivity contribution in [1.82, 2.24) is 5.32 Å². The van der Waals surface area contributed by atoms with Crippen LogP contribution in [0.4, 0.5) is 0 Å². The largest absolute Gasteiger partial charge is 0.372 e. The second-order valence-corrected chi connectivity index (χ2v) is 5.08. The van der Waals surface area contributed by atoms with Gasteiger partial charge in [-0.15, -0.1) is 17.9 Å². The molecule has 0 saturated heterocycles. The summed E-state index contributed by atoms with van der Waals surface area (Å²) in [6.07, 6.45) is 4.48. The van der Waals surface area contributed by atoms with Gasteiger partial charge in [0, 0.05) is 22.3 Å². The normalized spacial score (nSPS) is 15.5. The van der Waals surface area contributed by atoms with Crippen molar-refractivity contribution in [3.63, 3.8) is 0 Å². The van der Waals surface area contributed by atoms with Gasteiger partial charge in [-0.3, -0.25) is 0 Å². The van der Waals surface area contributed by atoms with E-state index in [9.17, 15) is 0 Å². The highest BCUT2D eigenvalue weighted by molar-refractivity contribution is 7.11. The predicted octanol–water partition coefficient (Wildman–Crippen LogP) is 2.70. The third-order valence-corrected chi connectivity index (χ3v) is 3.40. The molecule has 1 aliphatic rings. The second kappa shape index (κ2) is 5.45. The topological polar surface area (TPSA) is 21.3 Å². The van der Waals surface area contributed by atoms with Crippen molar-refractivity contribution >= 4 is 11.3 Å². The van der Waals surface area contributed by atoms with E-state index in [0.717, 1.165) is 12.6 Å². The van der Waals surface area contributed by atoms with E-state index in [-0.39, 0.29) is 0 Å². The summed E-state index contributed by atoms with van der Waals surface area (Å²) in [6.45, 7) is 5.97. The Labute approximate surface area is 95.0 Å². The predicted molar refractivity (Wildman–Crippen MR) is 64.0 cm³/mol. The fourth-order valence-corrected chi connectivity index (χ4v) is 2.28.